The van der Waals surface area contributed by atoms with E-state index in [-0.39, 0.29) is 18.2 Å². The van der Waals surface area contributed by atoms with Crippen molar-refractivity contribution in [2.24, 2.45) is 0 Å². The van der Waals surface area contributed by atoms with Crippen molar-refractivity contribution in [3.8, 4) is 0 Å². The van der Waals surface area contributed by atoms with Crippen molar-refractivity contribution >= 4 is 27.5 Å². The van der Waals surface area contributed by atoms with E-state index >= 15 is 0 Å². The molecule has 28 heavy (non-hydrogen) atoms. The van der Waals surface area contributed by atoms with Gasteiger partial charge in [0.15, 0.2) is 0 Å². The normalized spacial score (nSPS) is 16.9. The maximum Gasteiger partial charge on any atom is 0.337 e. The number of piperidine rings is 1. The Morgan fingerprint density at radius 3 is 2.71 bits per heavy atom. The highest BCUT2D eigenvalue weighted by Crippen LogP contribution is 2.35. The van der Waals surface area contributed by atoms with Crippen LogP contribution in [0.15, 0.2) is 48.5 Å². The fraction of sp³-hybridized carbons (Fsp3) is 0.364. The molecule has 1 saturated heterocycles. The summed E-state index contributed by atoms with van der Waals surface area (Å²) in [5.41, 5.74) is 2.43. The van der Waals surface area contributed by atoms with Gasteiger partial charge in [0.2, 0.25) is 0 Å². The topological polar surface area (TPSA) is 51.7 Å². The van der Waals surface area contributed by atoms with Gasteiger partial charge in [0.05, 0.1) is 29.0 Å². The number of nitrogens with zero attached hydrogens (tertiary/aromatic N) is 2. The van der Waals surface area contributed by atoms with E-state index in [1.165, 1.54) is 7.11 Å². The van der Waals surface area contributed by atoms with Gasteiger partial charge in [0.25, 0.3) is 0 Å². The summed E-state index contributed by atoms with van der Waals surface area (Å²) in [7, 11) is 3.54. The van der Waals surface area contributed by atoms with E-state index in [4.69, 9.17) is 14.5 Å². The van der Waals surface area contributed by atoms with Crippen LogP contribution < -0.4 is 0 Å². The second-order valence-electron chi connectivity index (χ2n) is 7.16. The highest BCUT2D eigenvalue weighted by atomic mass is 32.1. The molecule has 1 aromatic heterocycles. The maximum atomic E-state index is 12.0. The summed E-state index contributed by atoms with van der Waals surface area (Å²) in [4.78, 5) is 19.2. The molecular weight excluding hydrogens is 372 g/mol. The summed E-state index contributed by atoms with van der Waals surface area (Å²) in [6, 6.07) is 15.6. The predicted molar refractivity (Wildman–Crippen MR) is 111 cm³/mol. The lowest BCUT2D eigenvalue weighted by molar-refractivity contribution is -0.0234. The van der Waals surface area contributed by atoms with Gasteiger partial charge in [-0.25, -0.2) is 9.78 Å². The number of ether oxygens (including phenoxy) is 2. The van der Waals surface area contributed by atoms with Crippen LogP contribution in [0, 0.1) is 0 Å². The monoisotopic (exact) mass is 396 g/mol. The molecule has 146 valence electrons. The van der Waals surface area contributed by atoms with Crippen LogP contribution >= 0.6 is 11.3 Å². The van der Waals surface area contributed by atoms with Crippen molar-refractivity contribution in [1.82, 2.24) is 9.88 Å². The first kappa shape index (κ1) is 19.1. The number of para-hydroxylation sites is 1. The van der Waals surface area contributed by atoms with Crippen LogP contribution in [0.25, 0.3) is 10.2 Å². The van der Waals surface area contributed by atoms with E-state index in [1.54, 1.807) is 17.4 Å². The molecule has 0 N–H and O–H groups in total. The lowest BCUT2D eigenvalue weighted by Gasteiger charge is -2.31. The maximum absolute atomic E-state index is 12.0. The zero-order valence-electron chi connectivity index (χ0n) is 16.1. The second-order valence-corrected chi connectivity index (χ2v) is 8.22. The van der Waals surface area contributed by atoms with Gasteiger partial charge in [-0.1, -0.05) is 24.3 Å². The minimum Gasteiger partial charge on any atom is -0.465 e. The van der Waals surface area contributed by atoms with E-state index in [1.807, 2.05) is 36.4 Å². The van der Waals surface area contributed by atoms with Gasteiger partial charge < -0.3 is 14.4 Å². The third-order valence-corrected chi connectivity index (χ3v) is 6.22. The molecule has 0 amide bonds. The molecule has 2 aromatic carbocycles. The molecule has 0 bridgehead atoms. The second kappa shape index (κ2) is 8.39. The number of rotatable bonds is 5. The Bertz CT molecular complexity index is 930. The molecule has 1 unspecified atom stereocenters. The predicted octanol–water partition coefficient (Wildman–Crippen LogP) is 4.28. The van der Waals surface area contributed by atoms with Crippen LogP contribution in [0.1, 0.15) is 39.9 Å². The molecule has 6 heteroatoms. The van der Waals surface area contributed by atoms with Crippen molar-refractivity contribution in [3.63, 3.8) is 0 Å². The number of fused-ring (bicyclic) bond motifs is 1. The van der Waals surface area contributed by atoms with Gasteiger partial charge in [-0.15, -0.1) is 11.3 Å². The van der Waals surface area contributed by atoms with Gasteiger partial charge in [-0.3, -0.25) is 0 Å². The number of carbonyl (C=O) groups is 1. The highest BCUT2D eigenvalue weighted by molar-refractivity contribution is 7.18. The largest absolute Gasteiger partial charge is 0.465 e. The quantitative estimate of drug-likeness (QED) is 0.603. The zero-order chi connectivity index (χ0) is 19.5. The fourth-order valence-electron chi connectivity index (χ4n) is 3.54. The molecule has 1 fully saturated rings. The Balaban J connectivity index is 1.69. The van der Waals surface area contributed by atoms with Crippen LogP contribution in [0.3, 0.4) is 0 Å². The average Bonchev–Trinajstić information content (AvgIpc) is 3.16. The number of aromatic nitrogens is 1. The number of methoxy groups -OCH3 is 1. The Morgan fingerprint density at radius 1 is 1.18 bits per heavy atom. The first-order chi connectivity index (χ1) is 13.6. The standard InChI is InChI=1S/C22H24N2O3S/c1-24-12-10-17(11-13-24)27-20(15-6-5-7-16(14-15)22(25)26-2)21-23-18-8-3-4-9-19(18)28-21/h3-9,14,17,20H,10-13H2,1-2H3. The van der Waals surface area contributed by atoms with E-state index in [0.717, 1.165) is 46.7 Å². The van der Waals surface area contributed by atoms with E-state index in [9.17, 15) is 4.79 Å². The zero-order valence-corrected chi connectivity index (χ0v) is 16.9. The van der Waals surface area contributed by atoms with Crippen LogP contribution in [-0.2, 0) is 9.47 Å². The molecule has 1 aliphatic heterocycles. The molecule has 0 radical (unpaired) electrons. The highest BCUT2D eigenvalue weighted by Gasteiger charge is 2.26. The lowest BCUT2D eigenvalue weighted by atomic mass is 10.0. The number of likely N-dealkylation sites (tertiary alicyclic amines) is 1. The van der Waals surface area contributed by atoms with E-state index in [0.29, 0.717) is 5.56 Å². The first-order valence-electron chi connectivity index (χ1n) is 9.52. The van der Waals surface area contributed by atoms with Crippen molar-refractivity contribution in [2.75, 3.05) is 27.2 Å². The molecule has 0 spiro atoms. The summed E-state index contributed by atoms with van der Waals surface area (Å²) in [6.45, 7) is 2.05. The van der Waals surface area contributed by atoms with Crippen LogP contribution in [0.2, 0.25) is 0 Å². The van der Waals surface area contributed by atoms with E-state index < -0.39 is 0 Å². The first-order valence-corrected chi connectivity index (χ1v) is 10.3. The Hall–Kier alpha value is -2.28. The number of esters is 1. The molecule has 1 aliphatic rings. The van der Waals surface area contributed by atoms with Crippen molar-refractivity contribution in [1.29, 1.82) is 0 Å². The van der Waals surface area contributed by atoms with E-state index in [2.05, 4.69) is 18.0 Å². The molecule has 0 aliphatic carbocycles. The SMILES string of the molecule is COC(=O)c1cccc(C(OC2CCN(C)CC2)c2nc3ccccc3s2)c1. The molecule has 1 atom stereocenters. The number of hydrogen-bond donors (Lipinski definition) is 0. The summed E-state index contributed by atoms with van der Waals surface area (Å²) in [6.07, 6.45) is 1.87. The lowest BCUT2D eigenvalue weighted by Crippen LogP contribution is -2.35. The fourth-order valence-corrected chi connectivity index (χ4v) is 4.57. The molecule has 0 saturated carbocycles. The minimum atomic E-state index is -0.343. The summed E-state index contributed by atoms with van der Waals surface area (Å²) < 4.78 is 12.6. The summed E-state index contributed by atoms with van der Waals surface area (Å²) in [5.74, 6) is -0.343. The van der Waals surface area contributed by atoms with Crippen LogP contribution in [-0.4, -0.2) is 49.2 Å². The smallest absolute Gasteiger partial charge is 0.337 e. The number of carbonyl (C=O) groups excluding carboxylic acids is 1. The third-order valence-electron chi connectivity index (χ3n) is 5.14. The molecule has 2 heterocycles. The van der Waals surface area contributed by atoms with Gasteiger partial charge >= 0.3 is 5.97 Å². The molecule has 3 aromatic rings. The van der Waals surface area contributed by atoms with Gasteiger partial charge in [-0.2, -0.15) is 0 Å². The number of hydrogen-bond acceptors (Lipinski definition) is 6. The van der Waals surface area contributed by atoms with Gasteiger partial charge in [0.1, 0.15) is 11.1 Å². The number of benzene rings is 2. The van der Waals surface area contributed by atoms with Crippen LogP contribution in [0.4, 0.5) is 0 Å². The van der Waals surface area contributed by atoms with Gasteiger partial charge in [0, 0.05) is 13.1 Å². The van der Waals surface area contributed by atoms with Crippen LogP contribution in [0.5, 0.6) is 0 Å². The average molecular weight is 397 g/mol. The minimum absolute atomic E-state index is 0.176. The van der Waals surface area contributed by atoms with Crippen molar-refractivity contribution < 1.29 is 14.3 Å². The molecule has 5 nitrogen and oxygen atoms in total. The Morgan fingerprint density at radius 2 is 1.96 bits per heavy atom. The molecular formula is C22H24N2O3S. The summed E-state index contributed by atoms with van der Waals surface area (Å²) in [5, 5.41) is 0.919. The Labute approximate surface area is 168 Å². The van der Waals surface area contributed by atoms with Crippen molar-refractivity contribution in [3.05, 3.63) is 64.7 Å². The summed E-state index contributed by atoms with van der Waals surface area (Å²) >= 11 is 1.65. The third kappa shape index (κ3) is 4.09. The van der Waals surface area contributed by atoms with Gasteiger partial charge in [-0.05, 0) is 49.7 Å². The Kier molecular flexibility index (Phi) is 5.71. The molecule has 4 rings (SSSR count). The number of thiazole rings is 1. The van der Waals surface area contributed by atoms with Crippen molar-refractivity contribution in [2.45, 2.75) is 25.0 Å².